The number of rotatable bonds is 3. The zero-order chi connectivity index (χ0) is 15.7. The Kier molecular flexibility index (Phi) is 4.22. The highest BCUT2D eigenvalue weighted by atomic mass is 35.5. The van der Waals surface area contributed by atoms with Gasteiger partial charge in [-0.2, -0.15) is 5.10 Å². The summed E-state index contributed by atoms with van der Waals surface area (Å²) < 4.78 is 9.28. The minimum Gasteiger partial charge on any atom is -0.373 e. The van der Waals surface area contributed by atoms with E-state index in [1.807, 2.05) is 26.5 Å². The SMILES string of the molecule is Cn1cc(C2CC(NC(=O)c3cc(Cl)cn3C)CCO2)cn1. The van der Waals surface area contributed by atoms with Gasteiger partial charge in [0, 0.05) is 44.7 Å². The van der Waals surface area contributed by atoms with Crippen LogP contribution in [0.2, 0.25) is 5.02 Å². The molecule has 22 heavy (non-hydrogen) atoms. The van der Waals surface area contributed by atoms with Crippen LogP contribution in [0, 0.1) is 0 Å². The van der Waals surface area contributed by atoms with Crippen LogP contribution in [0.5, 0.6) is 0 Å². The van der Waals surface area contributed by atoms with E-state index in [-0.39, 0.29) is 18.1 Å². The van der Waals surface area contributed by atoms with E-state index in [9.17, 15) is 4.79 Å². The van der Waals surface area contributed by atoms with Crippen molar-refractivity contribution in [2.45, 2.75) is 25.0 Å². The van der Waals surface area contributed by atoms with Crippen molar-refractivity contribution in [3.05, 3.63) is 40.9 Å². The lowest BCUT2D eigenvalue weighted by atomic mass is 9.99. The van der Waals surface area contributed by atoms with Gasteiger partial charge in [0.2, 0.25) is 0 Å². The summed E-state index contributed by atoms with van der Waals surface area (Å²) >= 11 is 5.93. The highest BCUT2D eigenvalue weighted by Crippen LogP contribution is 2.28. The molecule has 1 saturated heterocycles. The number of ether oxygens (including phenoxy) is 1. The first kappa shape index (κ1) is 15.1. The topological polar surface area (TPSA) is 61.1 Å². The van der Waals surface area contributed by atoms with Gasteiger partial charge in [-0.3, -0.25) is 9.48 Å². The Morgan fingerprint density at radius 1 is 1.45 bits per heavy atom. The fraction of sp³-hybridized carbons (Fsp3) is 0.467. The lowest BCUT2D eigenvalue weighted by Crippen LogP contribution is -2.40. The normalized spacial score (nSPS) is 21.8. The number of halogens is 1. The van der Waals surface area contributed by atoms with E-state index < -0.39 is 0 Å². The van der Waals surface area contributed by atoms with E-state index in [2.05, 4.69) is 10.4 Å². The lowest BCUT2D eigenvalue weighted by molar-refractivity contribution is 0.000810. The van der Waals surface area contributed by atoms with Gasteiger partial charge in [-0.15, -0.1) is 0 Å². The molecule has 0 bridgehead atoms. The summed E-state index contributed by atoms with van der Waals surface area (Å²) in [4.78, 5) is 12.3. The average molecular weight is 323 g/mol. The maximum atomic E-state index is 12.3. The molecule has 3 heterocycles. The number of hydrogen-bond acceptors (Lipinski definition) is 3. The third-order valence-corrected chi connectivity index (χ3v) is 4.13. The molecule has 2 atom stereocenters. The summed E-state index contributed by atoms with van der Waals surface area (Å²) in [6.07, 6.45) is 7.01. The van der Waals surface area contributed by atoms with Crippen molar-refractivity contribution in [3.8, 4) is 0 Å². The van der Waals surface area contributed by atoms with Crippen molar-refractivity contribution in [2.24, 2.45) is 14.1 Å². The Morgan fingerprint density at radius 2 is 2.27 bits per heavy atom. The van der Waals surface area contributed by atoms with Crippen LogP contribution in [0.15, 0.2) is 24.7 Å². The Balaban J connectivity index is 1.65. The molecule has 0 radical (unpaired) electrons. The maximum absolute atomic E-state index is 12.3. The van der Waals surface area contributed by atoms with E-state index in [1.54, 1.807) is 21.5 Å². The molecule has 1 amide bonds. The molecule has 0 aromatic carbocycles. The van der Waals surface area contributed by atoms with Crippen LogP contribution in [-0.2, 0) is 18.8 Å². The third-order valence-electron chi connectivity index (χ3n) is 3.92. The van der Waals surface area contributed by atoms with Crippen molar-refractivity contribution in [3.63, 3.8) is 0 Å². The second-order valence-corrected chi connectivity index (χ2v) is 6.09. The minimum atomic E-state index is -0.105. The number of amides is 1. The van der Waals surface area contributed by atoms with Gasteiger partial charge < -0.3 is 14.6 Å². The second-order valence-electron chi connectivity index (χ2n) is 5.66. The van der Waals surface area contributed by atoms with Crippen molar-refractivity contribution >= 4 is 17.5 Å². The monoisotopic (exact) mass is 322 g/mol. The van der Waals surface area contributed by atoms with Crippen LogP contribution < -0.4 is 5.32 Å². The molecule has 3 rings (SSSR count). The molecule has 2 unspecified atom stereocenters. The smallest absolute Gasteiger partial charge is 0.268 e. The van der Waals surface area contributed by atoms with Gasteiger partial charge in [-0.05, 0) is 18.9 Å². The first-order chi connectivity index (χ1) is 10.5. The van der Waals surface area contributed by atoms with Gasteiger partial charge >= 0.3 is 0 Å². The second kappa shape index (κ2) is 6.14. The first-order valence-electron chi connectivity index (χ1n) is 7.26. The summed E-state index contributed by atoms with van der Waals surface area (Å²) in [5.41, 5.74) is 1.61. The Hall–Kier alpha value is -1.79. The van der Waals surface area contributed by atoms with E-state index >= 15 is 0 Å². The van der Waals surface area contributed by atoms with Gasteiger partial charge in [-0.25, -0.2) is 0 Å². The predicted octanol–water partition coefficient (Wildman–Crippen LogP) is 2.06. The Labute approximate surface area is 134 Å². The number of carbonyl (C=O) groups is 1. The van der Waals surface area contributed by atoms with Crippen LogP contribution in [0.4, 0.5) is 0 Å². The van der Waals surface area contributed by atoms with E-state index in [1.165, 1.54) is 0 Å². The van der Waals surface area contributed by atoms with Gasteiger partial charge in [0.25, 0.3) is 5.91 Å². The molecule has 1 fully saturated rings. The van der Waals surface area contributed by atoms with E-state index in [0.717, 1.165) is 18.4 Å². The quantitative estimate of drug-likeness (QED) is 0.941. The molecular weight excluding hydrogens is 304 g/mol. The maximum Gasteiger partial charge on any atom is 0.268 e. The molecule has 7 heteroatoms. The Morgan fingerprint density at radius 3 is 2.91 bits per heavy atom. The van der Waals surface area contributed by atoms with Crippen LogP contribution in [-0.4, -0.2) is 32.9 Å². The fourth-order valence-corrected chi connectivity index (χ4v) is 3.03. The fourth-order valence-electron chi connectivity index (χ4n) is 2.78. The van der Waals surface area contributed by atoms with Crippen molar-refractivity contribution in [2.75, 3.05) is 6.61 Å². The summed E-state index contributed by atoms with van der Waals surface area (Å²) in [5, 5.41) is 7.80. The summed E-state index contributed by atoms with van der Waals surface area (Å²) in [5.74, 6) is -0.105. The summed E-state index contributed by atoms with van der Waals surface area (Å²) in [6, 6.07) is 1.76. The number of nitrogens with zero attached hydrogens (tertiary/aromatic N) is 3. The number of hydrogen-bond donors (Lipinski definition) is 1. The number of aromatic nitrogens is 3. The van der Waals surface area contributed by atoms with E-state index in [4.69, 9.17) is 16.3 Å². The standard InChI is InChI=1S/C15H19ClN4O2/c1-19-9-11(16)5-13(19)15(21)18-12-3-4-22-14(6-12)10-7-17-20(2)8-10/h5,7-9,12,14H,3-4,6H2,1-2H3,(H,18,21). The molecule has 1 aliphatic rings. The molecular formula is C15H19ClN4O2. The molecule has 2 aromatic rings. The Bertz CT molecular complexity index is 679. The lowest BCUT2D eigenvalue weighted by Gasteiger charge is -2.29. The van der Waals surface area contributed by atoms with Crippen molar-refractivity contribution in [1.82, 2.24) is 19.7 Å². The van der Waals surface area contributed by atoms with Crippen molar-refractivity contribution in [1.29, 1.82) is 0 Å². The molecule has 118 valence electrons. The van der Waals surface area contributed by atoms with Crippen molar-refractivity contribution < 1.29 is 9.53 Å². The molecule has 0 spiro atoms. The van der Waals surface area contributed by atoms with Crippen LogP contribution in [0.25, 0.3) is 0 Å². The van der Waals surface area contributed by atoms with Crippen LogP contribution >= 0.6 is 11.6 Å². The van der Waals surface area contributed by atoms with Gasteiger partial charge in [0.15, 0.2) is 0 Å². The first-order valence-corrected chi connectivity index (χ1v) is 7.63. The molecule has 1 N–H and O–H groups in total. The van der Waals surface area contributed by atoms with Gasteiger partial charge in [-0.1, -0.05) is 11.6 Å². The molecule has 0 aliphatic carbocycles. The third kappa shape index (κ3) is 3.18. The molecule has 0 saturated carbocycles. The van der Waals surface area contributed by atoms with E-state index in [0.29, 0.717) is 17.3 Å². The number of aryl methyl sites for hydroxylation is 2. The van der Waals surface area contributed by atoms with Crippen LogP contribution in [0.3, 0.4) is 0 Å². The molecule has 6 nitrogen and oxygen atoms in total. The minimum absolute atomic E-state index is 0.0234. The summed E-state index contributed by atoms with van der Waals surface area (Å²) in [6.45, 7) is 0.623. The predicted molar refractivity (Wildman–Crippen MR) is 82.8 cm³/mol. The number of carbonyl (C=O) groups excluding carboxylic acids is 1. The summed E-state index contributed by atoms with van der Waals surface area (Å²) in [7, 11) is 3.69. The largest absolute Gasteiger partial charge is 0.373 e. The highest BCUT2D eigenvalue weighted by molar-refractivity contribution is 6.31. The zero-order valence-electron chi connectivity index (χ0n) is 12.6. The number of nitrogens with one attached hydrogen (secondary N) is 1. The van der Waals surface area contributed by atoms with Crippen LogP contribution in [0.1, 0.15) is 35.0 Å². The zero-order valence-corrected chi connectivity index (χ0v) is 13.4. The van der Waals surface area contributed by atoms with Gasteiger partial charge in [0.05, 0.1) is 17.3 Å². The highest BCUT2D eigenvalue weighted by Gasteiger charge is 2.26. The van der Waals surface area contributed by atoms with Gasteiger partial charge in [0.1, 0.15) is 5.69 Å². The average Bonchev–Trinajstić information content (AvgIpc) is 3.05. The molecule has 2 aromatic heterocycles. The molecule has 1 aliphatic heterocycles.